The molecule has 0 N–H and O–H groups in total. The van der Waals surface area contributed by atoms with Gasteiger partial charge in [-0.25, -0.2) is 0 Å². The van der Waals surface area contributed by atoms with Gasteiger partial charge in [0.2, 0.25) is 0 Å². The number of unbranched alkanes of at least 4 members (excludes halogenated alkanes) is 15. The Hall–Kier alpha value is -1.68. The fourth-order valence-corrected chi connectivity index (χ4v) is 4.09. The lowest BCUT2D eigenvalue weighted by Crippen LogP contribution is -2.30. The number of benzene rings is 1. The van der Waals surface area contributed by atoms with Crippen molar-refractivity contribution in [2.75, 3.05) is 6.61 Å². The molecule has 0 radical (unpaired) electrons. The van der Waals surface area contributed by atoms with Gasteiger partial charge in [0.05, 0.1) is 17.7 Å². The highest BCUT2D eigenvalue weighted by Gasteiger charge is 2.36. The van der Waals surface area contributed by atoms with Gasteiger partial charge in [0.1, 0.15) is 0 Å². The quantitative estimate of drug-likeness (QED) is 0.184. The molecule has 0 spiro atoms. The molecule has 1 aliphatic rings. The van der Waals surface area contributed by atoms with Crippen molar-refractivity contribution < 1.29 is 14.4 Å². The summed E-state index contributed by atoms with van der Waals surface area (Å²) in [7, 11) is 0. The minimum Gasteiger partial charge on any atom is -0.266 e. The lowest BCUT2D eigenvalue weighted by Gasteiger charge is -2.13. The van der Waals surface area contributed by atoms with Gasteiger partial charge in [0, 0.05) is 0 Å². The van der Waals surface area contributed by atoms with E-state index >= 15 is 0 Å². The van der Waals surface area contributed by atoms with Gasteiger partial charge in [0.15, 0.2) is 0 Å². The Morgan fingerprint density at radius 3 is 1.37 bits per heavy atom. The fraction of sp³-hybridized carbons (Fsp3) is 0.692. The van der Waals surface area contributed by atoms with E-state index < -0.39 is 0 Å². The highest BCUT2D eigenvalue weighted by atomic mass is 16.7. The predicted octanol–water partition coefficient (Wildman–Crippen LogP) is 7.48. The second-order valence-corrected chi connectivity index (χ2v) is 8.59. The first-order valence-corrected chi connectivity index (χ1v) is 12.4. The molecular weight excluding hydrogens is 374 g/mol. The molecule has 0 atom stereocenters. The third-order valence-corrected chi connectivity index (χ3v) is 5.98. The van der Waals surface area contributed by atoms with E-state index in [1.807, 2.05) is 0 Å². The first-order chi connectivity index (χ1) is 14.8. The Labute approximate surface area is 183 Å². The molecule has 2 rings (SSSR count). The molecule has 0 aromatic heterocycles. The van der Waals surface area contributed by atoms with E-state index in [-0.39, 0.29) is 11.8 Å². The molecule has 168 valence electrons. The Morgan fingerprint density at radius 1 is 0.600 bits per heavy atom. The van der Waals surface area contributed by atoms with Crippen LogP contribution in [0.1, 0.15) is 130 Å². The Balaban J connectivity index is 1.35. The number of imide groups is 1. The molecule has 1 aromatic carbocycles. The van der Waals surface area contributed by atoms with Crippen LogP contribution in [0.4, 0.5) is 0 Å². The van der Waals surface area contributed by atoms with Gasteiger partial charge in [-0.3, -0.25) is 14.4 Å². The van der Waals surface area contributed by atoms with Gasteiger partial charge in [-0.2, -0.15) is 0 Å². The Morgan fingerprint density at radius 2 is 0.967 bits per heavy atom. The molecule has 1 aromatic rings. The maximum atomic E-state index is 12.2. The summed E-state index contributed by atoms with van der Waals surface area (Å²) in [6, 6.07) is 6.88. The van der Waals surface area contributed by atoms with Gasteiger partial charge < -0.3 is 0 Å². The number of rotatable bonds is 18. The molecule has 0 aliphatic carbocycles. The lowest BCUT2D eigenvalue weighted by molar-refractivity contribution is -0.0922. The van der Waals surface area contributed by atoms with Gasteiger partial charge >= 0.3 is 0 Å². The second kappa shape index (κ2) is 15.2. The van der Waals surface area contributed by atoms with Crippen LogP contribution in [0.3, 0.4) is 0 Å². The van der Waals surface area contributed by atoms with Gasteiger partial charge in [0.25, 0.3) is 11.8 Å². The van der Waals surface area contributed by atoms with Crippen LogP contribution in [0, 0.1) is 0 Å². The number of hydrogen-bond donors (Lipinski definition) is 0. The minimum absolute atomic E-state index is 0.341. The van der Waals surface area contributed by atoms with Crippen LogP contribution < -0.4 is 0 Å². The standard InChI is InChI=1S/C26H41NO3/c1-2-3-4-5-6-7-8-9-10-11-12-13-14-15-16-19-22-30-27-25(28)23-20-17-18-21-24(23)26(27)29/h17-18,20-21H,2-16,19,22H2,1H3. The lowest BCUT2D eigenvalue weighted by atomic mass is 10.0. The number of carbonyl (C=O) groups is 2. The van der Waals surface area contributed by atoms with Crippen LogP contribution >= 0.6 is 0 Å². The van der Waals surface area contributed by atoms with E-state index in [0.29, 0.717) is 17.7 Å². The number of amides is 2. The average molecular weight is 416 g/mol. The molecule has 0 saturated carbocycles. The predicted molar refractivity (Wildman–Crippen MR) is 122 cm³/mol. The normalized spacial score (nSPS) is 13.3. The summed E-state index contributed by atoms with van der Waals surface area (Å²) in [6.07, 6.45) is 21.1. The molecule has 1 aliphatic heterocycles. The zero-order valence-corrected chi connectivity index (χ0v) is 19.0. The Kier molecular flexibility index (Phi) is 12.4. The summed E-state index contributed by atoms with van der Waals surface area (Å²) in [6.45, 7) is 2.69. The topological polar surface area (TPSA) is 46.6 Å². The molecule has 1 heterocycles. The van der Waals surface area contributed by atoms with Gasteiger partial charge in [-0.1, -0.05) is 115 Å². The van der Waals surface area contributed by atoms with Crippen molar-refractivity contribution in [3.05, 3.63) is 35.4 Å². The highest BCUT2D eigenvalue weighted by Crippen LogP contribution is 2.22. The van der Waals surface area contributed by atoms with E-state index in [2.05, 4.69) is 6.92 Å². The summed E-state index contributed by atoms with van der Waals surface area (Å²) in [5, 5.41) is 0.926. The van der Waals surface area contributed by atoms with E-state index in [9.17, 15) is 9.59 Å². The van der Waals surface area contributed by atoms with Crippen LogP contribution in [0.2, 0.25) is 0 Å². The van der Waals surface area contributed by atoms with Crippen molar-refractivity contribution in [2.45, 2.75) is 110 Å². The average Bonchev–Trinajstić information content (AvgIpc) is 3.01. The zero-order chi connectivity index (χ0) is 21.4. The maximum Gasteiger partial charge on any atom is 0.285 e. The van der Waals surface area contributed by atoms with Crippen LogP contribution in [-0.4, -0.2) is 23.5 Å². The van der Waals surface area contributed by atoms with Crippen molar-refractivity contribution in [3.63, 3.8) is 0 Å². The molecule has 4 nitrogen and oxygen atoms in total. The van der Waals surface area contributed by atoms with E-state index in [0.717, 1.165) is 17.9 Å². The van der Waals surface area contributed by atoms with Crippen molar-refractivity contribution in [1.82, 2.24) is 5.06 Å². The van der Waals surface area contributed by atoms with Gasteiger partial charge in [-0.05, 0) is 18.6 Å². The first kappa shape index (κ1) is 24.6. The largest absolute Gasteiger partial charge is 0.285 e. The summed E-state index contributed by atoms with van der Waals surface area (Å²) in [4.78, 5) is 29.8. The third-order valence-electron chi connectivity index (χ3n) is 5.98. The molecule has 0 fully saturated rings. The van der Waals surface area contributed by atoms with Gasteiger partial charge in [-0.15, -0.1) is 5.06 Å². The number of nitrogens with zero attached hydrogens (tertiary/aromatic N) is 1. The smallest absolute Gasteiger partial charge is 0.266 e. The van der Waals surface area contributed by atoms with Crippen LogP contribution in [0.25, 0.3) is 0 Å². The monoisotopic (exact) mass is 415 g/mol. The summed E-state index contributed by atoms with van der Waals surface area (Å²) in [5.74, 6) is -0.681. The molecule has 0 unspecified atom stereocenters. The molecule has 30 heavy (non-hydrogen) atoms. The van der Waals surface area contributed by atoms with E-state index in [1.54, 1.807) is 24.3 Å². The number of hydrogen-bond acceptors (Lipinski definition) is 3. The Bertz CT molecular complexity index is 593. The van der Waals surface area contributed by atoms with Crippen molar-refractivity contribution in [2.24, 2.45) is 0 Å². The van der Waals surface area contributed by atoms with Crippen LogP contribution in [0.5, 0.6) is 0 Å². The maximum absolute atomic E-state index is 12.2. The second-order valence-electron chi connectivity index (χ2n) is 8.59. The summed E-state index contributed by atoms with van der Waals surface area (Å²) >= 11 is 0. The fourth-order valence-electron chi connectivity index (χ4n) is 4.09. The van der Waals surface area contributed by atoms with Crippen molar-refractivity contribution in [3.8, 4) is 0 Å². The SMILES string of the molecule is CCCCCCCCCCCCCCCCCCON1C(=O)c2ccccc2C1=O. The first-order valence-electron chi connectivity index (χ1n) is 12.4. The third kappa shape index (κ3) is 8.59. The molecule has 0 saturated heterocycles. The number of fused-ring (bicyclic) bond motifs is 1. The van der Waals surface area contributed by atoms with E-state index in [1.165, 1.54) is 89.9 Å². The van der Waals surface area contributed by atoms with E-state index in [4.69, 9.17) is 4.84 Å². The summed E-state index contributed by atoms with van der Waals surface area (Å²) in [5.41, 5.74) is 0.879. The minimum atomic E-state index is -0.341. The van der Waals surface area contributed by atoms with Crippen molar-refractivity contribution in [1.29, 1.82) is 0 Å². The number of hydroxylamine groups is 2. The summed E-state index contributed by atoms with van der Waals surface area (Å²) < 4.78 is 0. The number of carbonyl (C=O) groups excluding carboxylic acids is 2. The molecular formula is C26H41NO3. The van der Waals surface area contributed by atoms with Crippen LogP contribution in [0.15, 0.2) is 24.3 Å². The zero-order valence-electron chi connectivity index (χ0n) is 19.0. The van der Waals surface area contributed by atoms with Crippen LogP contribution in [-0.2, 0) is 4.84 Å². The molecule has 2 amide bonds. The van der Waals surface area contributed by atoms with Crippen molar-refractivity contribution >= 4 is 11.8 Å². The highest BCUT2D eigenvalue weighted by molar-refractivity contribution is 6.20. The molecule has 4 heteroatoms. The molecule has 0 bridgehead atoms.